The van der Waals surface area contributed by atoms with Crippen LogP contribution in [0.2, 0.25) is 5.02 Å². The normalized spacial score (nSPS) is 10.8. The standard InChI is InChI=1S/C21H19ClFN3O4/c1-30-10-9-25-13-18(19(27)24-12-14-5-7-16(23)8-6-14)20(28)26(21(25)29)17-4-2-3-15(22)11-17/h2-8,11,13H,9-10,12H2,1H3,(H,24,27). The second-order valence-corrected chi connectivity index (χ2v) is 6.88. The zero-order valence-electron chi connectivity index (χ0n) is 16.1. The lowest BCUT2D eigenvalue weighted by Crippen LogP contribution is -2.43. The van der Waals surface area contributed by atoms with E-state index >= 15 is 0 Å². The van der Waals surface area contributed by atoms with E-state index in [0.717, 1.165) is 4.57 Å². The second kappa shape index (κ2) is 9.51. The molecule has 0 aliphatic heterocycles. The fourth-order valence-electron chi connectivity index (χ4n) is 2.83. The number of hydrogen-bond acceptors (Lipinski definition) is 4. The van der Waals surface area contributed by atoms with Gasteiger partial charge in [0, 0.05) is 24.9 Å². The van der Waals surface area contributed by atoms with E-state index in [1.807, 2.05) is 0 Å². The molecule has 9 heteroatoms. The number of ether oxygens (including phenoxy) is 1. The maximum atomic E-state index is 13.0. The minimum absolute atomic E-state index is 0.0902. The number of amides is 1. The van der Waals surface area contributed by atoms with Crippen LogP contribution in [-0.2, 0) is 17.8 Å². The first-order chi connectivity index (χ1) is 14.4. The fraction of sp³-hybridized carbons (Fsp3) is 0.190. The van der Waals surface area contributed by atoms with Crippen LogP contribution in [0, 0.1) is 5.82 Å². The highest BCUT2D eigenvalue weighted by Gasteiger charge is 2.18. The molecule has 30 heavy (non-hydrogen) atoms. The molecule has 0 saturated heterocycles. The molecule has 1 aromatic heterocycles. The zero-order valence-corrected chi connectivity index (χ0v) is 16.9. The Labute approximate surface area is 176 Å². The van der Waals surface area contributed by atoms with Gasteiger partial charge in [0.05, 0.1) is 18.8 Å². The van der Waals surface area contributed by atoms with Crippen molar-refractivity contribution >= 4 is 17.5 Å². The quantitative estimate of drug-likeness (QED) is 0.622. The van der Waals surface area contributed by atoms with Gasteiger partial charge in [-0.25, -0.2) is 13.8 Å². The highest BCUT2D eigenvalue weighted by Crippen LogP contribution is 2.12. The monoisotopic (exact) mass is 431 g/mol. The van der Waals surface area contributed by atoms with Crippen LogP contribution in [-0.4, -0.2) is 28.8 Å². The Kier molecular flexibility index (Phi) is 6.81. The van der Waals surface area contributed by atoms with Gasteiger partial charge in [0.15, 0.2) is 0 Å². The average Bonchev–Trinajstić information content (AvgIpc) is 2.73. The Morgan fingerprint density at radius 3 is 2.57 bits per heavy atom. The first-order valence-corrected chi connectivity index (χ1v) is 9.42. The highest BCUT2D eigenvalue weighted by molar-refractivity contribution is 6.30. The second-order valence-electron chi connectivity index (χ2n) is 6.44. The van der Waals surface area contributed by atoms with E-state index < -0.39 is 17.2 Å². The Hall–Kier alpha value is -3.23. The molecule has 7 nitrogen and oxygen atoms in total. The summed E-state index contributed by atoms with van der Waals surface area (Å²) in [5.74, 6) is -1.05. The Morgan fingerprint density at radius 1 is 1.17 bits per heavy atom. The molecule has 0 bridgehead atoms. The number of hydrogen-bond donors (Lipinski definition) is 1. The van der Waals surface area contributed by atoms with Crippen LogP contribution in [0.4, 0.5) is 4.39 Å². The van der Waals surface area contributed by atoms with Crippen LogP contribution in [0.1, 0.15) is 15.9 Å². The Bertz CT molecular complexity index is 1170. The molecular formula is C21H19ClFN3O4. The van der Waals surface area contributed by atoms with Gasteiger partial charge in [-0.05, 0) is 35.9 Å². The van der Waals surface area contributed by atoms with Crippen LogP contribution >= 0.6 is 11.6 Å². The molecule has 0 aliphatic carbocycles. The van der Waals surface area contributed by atoms with Crippen molar-refractivity contribution in [3.05, 3.63) is 97.5 Å². The number of rotatable bonds is 7. The summed E-state index contributed by atoms with van der Waals surface area (Å²) in [4.78, 5) is 38.6. The van der Waals surface area contributed by atoms with Crippen molar-refractivity contribution in [1.82, 2.24) is 14.5 Å². The number of nitrogens with zero attached hydrogens (tertiary/aromatic N) is 2. The van der Waals surface area contributed by atoms with Gasteiger partial charge in [-0.3, -0.25) is 14.2 Å². The van der Waals surface area contributed by atoms with E-state index in [1.165, 1.54) is 48.2 Å². The summed E-state index contributed by atoms with van der Waals surface area (Å²) >= 11 is 6.00. The zero-order chi connectivity index (χ0) is 21.7. The summed E-state index contributed by atoms with van der Waals surface area (Å²) in [7, 11) is 1.48. The number of carbonyl (C=O) groups excluding carboxylic acids is 1. The molecule has 0 spiro atoms. The summed E-state index contributed by atoms with van der Waals surface area (Å²) in [6.07, 6.45) is 1.21. The maximum Gasteiger partial charge on any atom is 0.335 e. The minimum atomic E-state index is -0.771. The van der Waals surface area contributed by atoms with Gasteiger partial charge in [-0.1, -0.05) is 29.8 Å². The van der Waals surface area contributed by atoms with Crippen LogP contribution in [0.5, 0.6) is 0 Å². The summed E-state index contributed by atoms with van der Waals surface area (Å²) in [6, 6.07) is 11.8. The van der Waals surface area contributed by atoms with Gasteiger partial charge in [-0.15, -0.1) is 0 Å². The number of carbonyl (C=O) groups is 1. The third-order valence-corrected chi connectivity index (χ3v) is 4.60. The predicted molar refractivity (Wildman–Crippen MR) is 111 cm³/mol. The van der Waals surface area contributed by atoms with Crippen LogP contribution < -0.4 is 16.6 Å². The van der Waals surface area contributed by atoms with Crippen LogP contribution in [0.25, 0.3) is 5.69 Å². The van der Waals surface area contributed by atoms with E-state index in [2.05, 4.69) is 5.32 Å². The van der Waals surface area contributed by atoms with Crippen molar-refractivity contribution in [1.29, 1.82) is 0 Å². The molecule has 0 unspecified atom stereocenters. The molecule has 2 aromatic carbocycles. The number of halogens is 2. The molecule has 0 aliphatic rings. The number of methoxy groups -OCH3 is 1. The molecular weight excluding hydrogens is 413 g/mol. The lowest BCUT2D eigenvalue weighted by atomic mass is 10.2. The summed E-state index contributed by atoms with van der Waals surface area (Å²) in [5.41, 5.74) is -0.695. The fourth-order valence-corrected chi connectivity index (χ4v) is 3.01. The van der Waals surface area contributed by atoms with E-state index in [4.69, 9.17) is 16.3 Å². The number of aromatic nitrogens is 2. The van der Waals surface area contributed by atoms with Crippen molar-refractivity contribution in [2.24, 2.45) is 0 Å². The van der Waals surface area contributed by atoms with Crippen LogP contribution in [0.3, 0.4) is 0 Å². The molecule has 1 heterocycles. The van der Waals surface area contributed by atoms with Crippen molar-refractivity contribution < 1.29 is 13.9 Å². The lowest BCUT2D eigenvalue weighted by Gasteiger charge is -2.13. The predicted octanol–water partition coefficient (Wildman–Crippen LogP) is 2.37. The molecule has 0 atom stereocenters. The summed E-state index contributed by atoms with van der Waals surface area (Å²) in [6.45, 7) is 0.450. The van der Waals surface area contributed by atoms with Gasteiger partial charge in [0.25, 0.3) is 11.5 Å². The molecule has 0 fully saturated rings. The topological polar surface area (TPSA) is 82.3 Å². The average molecular weight is 432 g/mol. The van der Waals surface area contributed by atoms with Crippen molar-refractivity contribution in [2.75, 3.05) is 13.7 Å². The Morgan fingerprint density at radius 2 is 1.90 bits per heavy atom. The summed E-state index contributed by atoms with van der Waals surface area (Å²) in [5, 5.41) is 2.96. The van der Waals surface area contributed by atoms with E-state index in [1.54, 1.807) is 18.2 Å². The van der Waals surface area contributed by atoms with Crippen LogP contribution in [0.15, 0.2) is 64.3 Å². The lowest BCUT2D eigenvalue weighted by molar-refractivity contribution is 0.0947. The van der Waals surface area contributed by atoms with Crippen molar-refractivity contribution in [3.63, 3.8) is 0 Å². The molecule has 3 aromatic rings. The summed E-state index contributed by atoms with van der Waals surface area (Å²) < 4.78 is 20.2. The molecule has 1 amide bonds. The van der Waals surface area contributed by atoms with E-state index in [0.29, 0.717) is 10.6 Å². The van der Waals surface area contributed by atoms with E-state index in [9.17, 15) is 18.8 Å². The number of benzene rings is 2. The maximum absolute atomic E-state index is 13.0. The molecule has 3 rings (SSSR count). The van der Waals surface area contributed by atoms with Gasteiger partial charge in [0.1, 0.15) is 11.4 Å². The van der Waals surface area contributed by atoms with Crippen molar-refractivity contribution in [2.45, 2.75) is 13.1 Å². The van der Waals surface area contributed by atoms with Crippen molar-refractivity contribution in [3.8, 4) is 5.69 Å². The highest BCUT2D eigenvalue weighted by atomic mass is 35.5. The first-order valence-electron chi connectivity index (χ1n) is 9.04. The molecule has 1 N–H and O–H groups in total. The van der Waals surface area contributed by atoms with Gasteiger partial charge in [0.2, 0.25) is 0 Å². The third-order valence-electron chi connectivity index (χ3n) is 4.37. The van der Waals surface area contributed by atoms with Gasteiger partial charge < -0.3 is 10.1 Å². The Balaban J connectivity index is 2.01. The smallest absolute Gasteiger partial charge is 0.335 e. The molecule has 0 saturated carbocycles. The van der Waals surface area contributed by atoms with E-state index in [-0.39, 0.29) is 36.8 Å². The van der Waals surface area contributed by atoms with Gasteiger partial charge >= 0.3 is 5.69 Å². The third kappa shape index (κ3) is 4.84. The molecule has 0 radical (unpaired) electrons. The SMILES string of the molecule is COCCn1cc(C(=O)NCc2ccc(F)cc2)c(=O)n(-c2cccc(Cl)c2)c1=O. The largest absolute Gasteiger partial charge is 0.383 e. The van der Waals surface area contributed by atoms with Gasteiger partial charge in [-0.2, -0.15) is 0 Å². The first kappa shape index (κ1) is 21.5. The minimum Gasteiger partial charge on any atom is -0.383 e. The molecule has 156 valence electrons. The number of nitrogens with one attached hydrogen (secondary N) is 1.